The predicted octanol–water partition coefficient (Wildman–Crippen LogP) is 9.14. The fourth-order valence-corrected chi connectivity index (χ4v) is 5.92. The van der Waals surface area contributed by atoms with Crippen LogP contribution in [-0.2, 0) is 0 Å². The van der Waals surface area contributed by atoms with E-state index in [2.05, 4.69) is 28.0 Å². The number of fused-ring (bicyclic) bond motifs is 4. The van der Waals surface area contributed by atoms with Gasteiger partial charge < -0.3 is 4.42 Å². The van der Waals surface area contributed by atoms with Gasteiger partial charge in [-0.15, -0.1) is 11.3 Å². The summed E-state index contributed by atoms with van der Waals surface area (Å²) in [5.74, 6) is 0.589. The molecule has 168 valence electrons. The third-order valence-electron chi connectivity index (χ3n) is 6.35. The zero-order valence-electron chi connectivity index (χ0n) is 19.0. The normalized spacial score (nSPS) is 11.3. The molecule has 7 rings (SSSR count). The molecule has 0 saturated carbocycles. The molecule has 0 aliphatic heterocycles. The van der Waals surface area contributed by atoms with Crippen molar-refractivity contribution in [3.05, 3.63) is 115 Å². The Balaban J connectivity index is 1.43. The molecule has 36 heavy (non-hydrogen) atoms. The Labute approximate surface area is 210 Å². The number of benzene rings is 4. The first-order valence-corrected chi connectivity index (χ1v) is 12.4. The van der Waals surface area contributed by atoms with Gasteiger partial charge in [0.2, 0.25) is 11.6 Å². The first-order chi connectivity index (χ1) is 17.8. The van der Waals surface area contributed by atoms with Crippen LogP contribution in [0.2, 0.25) is 0 Å². The molecule has 0 spiro atoms. The maximum absolute atomic E-state index is 8.12. The molecule has 0 unspecified atom stereocenters. The second kappa shape index (κ2) is 8.16. The zero-order chi connectivity index (χ0) is 24.1. The summed E-state index contributed by atoms with van der Waals surface area (Å²) < 4.78 is 7.03. The van der Waals surface area contributed by atoms with Gasteiger partial charge in [0.25, 0.3) is 0 Å². The van der Waals surface area contributed by atoms with Crippen molar-refractivity contribution in [2.24, 2.45) is 0 Å². The maximum Gasteiger partial charge on any atom is 0.227 e. The van der Waals surface area contributed by atoms with Crippen molar-refractivity contribution in [1.29, 1.82) is 0 Å². The van der Waals surface area contributed by atoms with Crippen LogP contribution in [0.3, 0.4) is 0 Å². The summed E-state index contributed by atoms with van der Waals surface area (Å²) in [6, 6.07) is 34.1. The second-order valence-electron chi connectivity index (χ2n) is 8.50. The minimum absolute atomic E-state index is 0.589. The van der Waals surface area contributed by atoms with E-state index in [1.165, 1.54) is 0 Å². The van der Waals surface area contributed by atoms with E-state index in [-0.39, 0.29) is 0 Å². The molecular formula is C31H17N3OS. The predicted molar refractivity (Wildman–Crippen MR) is 147 cm³/mol. The molecule has 0 radical (unpaired) electrons. The maximum atomic E-state index is 8.12. The van der Waals surface area contributed by atoms with Crippen LogP contribution in [0, 0.1) is 6.57 Å². The van der Waals surface area contributed by atoms with Crippen LogP contribution < -0.4 is 0 Å². The van der Waals surface area contributed by atoms with Crippen LogP contribution in [0.5, 0.6) is 0 Å². The van der Waals surface area contributed by atoms with Crippen LogP contribution >= 0.6 is 11.3 Å². The largest absolute Gasteiger partial charge is 0.436 e. The number of para-hydroxylation sites is 3. The van der Waals surface area contributed by atoms with Crippen molar-refractivity contribution in [1.82, 2.24) is 9.97 Å². The molecule has 0 fully saturated rings. The van der Waals surface area contributed by atoms with Crippen molar-refractivity contribution in [3.8, 4) is 33.2 Å². The highest BCUT2D eigenvalue weighted by molar-refractivity contribution is 7.24. The number of pyridine rings is 1. The van der Waals surface area contributed by atoms with Gasteiger partial charge >= 0.3 is 0 Å². The third-order valence-corrected chi connectivity index (χ3v) is 7.61. The highest BCUT2D eigenvalue weighted by Crippen LogP contribution is 2.50. The lowest BCUT2D eigenvalue weighted by atomic mass is 10.0. The number of oxazole rings is 1. The van der Waals surface area contributed by atoms with E-state index in [4.69, 9.17) is 16.0 Å². The lowest BCUT2D eigenvalue weighted by Crippen LogP contribution is -1.87. The molecule has 3 aromatic heterocycles. The molecule has 0 amide bonds. The Hall–Kier alpha value is -4.79. The summed E-state index contributed by atoms with van der Waals surface area (Å²) in [6.07, 6.45) is 0. The van der Waals surface area contributed by atoms with Gasteiger partial charge in [-0.25, -0.2) is 14.8 Å². The highest BCUT2D eigenvalue weighted by Gasteiger charge is 2.21. The average molecular weight is 480 g/mol. The fraction of sp³-hybridized carbons (Fsp3) is 0. The second-order valence-corrected chi connectivity index (χ2v) is 9.52. The minimum Gasteiger partial charge on any atom is -0.436 e. The summed E-state index contributed by atoms with van der Waals surface area (Å²) in [5, 5.41) is 1.98. The van der Waals surface area contributed by atoms with Crippen molar-refractivity contribution in [2.45, 2.75) is 0 Å². The van der Waals surface area contributed by atoms with Gasteiger partial charge in [0, 0.05) is 25.9 Å². The number of aromatic nitrogens is 2. The molecule has 4 nitrogen and oxygen atoms in total. The standard InChI is InChI=1S/C31H17N3OS/c1-32-28-26-27(19-9-3-2-4-10-19)33-23-12-6-5-11-22(23)30(26)36-29(28)20-15-17-21(18-16-20)31-34-24-13-7-8-14-25(24)35-31/h2-18H. The molecule has 0 atom stereocenters. The number of hydrogen-bond acceptors (Lipinski definition) is 4. The van der Waals surface area contributed by atoms with Gasteiger partial charge in [-0.1, -0.05) is 72.8 Å². The summed E-state index contributed by atoms with van der Waals surface area (Å²) in [6.45, 7) is 8.12. The first kappa shape index (κ1) is 20.6. The number of nitrogens with zero attached hydrogens (tertiary/aromatic N) is 3. The van der Waals surface area contributed by atoms with Crippen LogP contribution in [0.25, 0.3) is 70.1 Å². The average Bonchev–Trinajstić information content (AvgIpc) is 3.55. The molecule has 7 aromatic rings. The lowest BCUT2D eigenvalue weighted by Gasteiger charge is -2.07. The fourth-order valence-electron chi connectivity index (χ4n) is 4.64. The summed E-state index contributed by atoms with van der Waals surface area (Å²) in [4.78, 5) is 14.6. The van der Waals surface area contributed by atoms with Crippen molar-refractivity contribution < 1.29 is 4.42 Å². The van der Waals surface area contributed by atoms with E-state index >= 15 is 0 Å². The topological polar surface area (TPSA) is 43.3 Å². The summed E-state index contributed by atoms with van der Waals surface area (Å²) in [7, 11) is 0. The monoisotopic (exact) mass is 479 g/mol. The van der Waals surface area contributed by atoms with Crippen LogP contribution in [0.1, 0.15) is 0 Å². The smallest absolute Gasteiger partial charge is 0.227 e. The summed E-state index contributed by atoms with van der Waals surface area (Å²) >= 11 is 1.65. The molecule has 0 N–H and O–H groups in total. The Morgan fingerprint density at radius 3 is 2.14 bits per heavy atom. The van der Waals surface area contributed by atoms with E-state index in [0.29, 0.717) is 11.6 Å². The Morgan fingerprint density at radius 2 is 1.36 bits per heavy atom. The zero-order valence-corrected chi connectivity index (χ0v) is 19.8. The minimum atomic E-state index is 0.589. The first-order valence-electron chi connectivity index (χ1n) is 11.5. The lowest BCUT2D eigenvalue weighted by molar-refractivity contribution is 0.620. The van der Waals surface area contributed by atoms with Crippen LogP contribution in [-0.4, -0.2) is 9.97 Å². The number of rotatable bonds is 3. The van der Waals surface area contributed by atoms with Gasteiger partial charge in [0.05, 0.1) is 17.8 Å². The third kappa shape index (κ3) is 3.20. The van der Waals surface area contributed by atoms with E-state index in [9.17, 15) is 0 Å². The Morgan fingerprint density at radius 1 is 0.667 bits per heavy atom. The quantitative estimate of drug-likeness (QED) is 0.237. The SMILES string of the molecule is [C-]#[N+]c1c(-c2ccc(-c3nc4ccccc4o3)cc2)sc2c1c(-c1ccccc1)nc1ccccc12. The Bertz CT molecular complexity index is 1910. The molecule has 0 saturated heterocycles. The van der Waals surface area contributed by atoms with Crippen molar-refractivity contribution >= 4 is 49.1 Å². The van der Waals surface area contributed by atoms with E-state index in [0.717, 1.165) is 59.4 Å². The van der Waals surface area contributed by atoms with Gasteiger partial charge in [-0.3, -0.25) is 0 Å². The van der Waals surface area contributed by atoms with E-state index in [1.807, 2.05) is 84.9 Å². The van der Waals surface area contributed by atoms with Gasteiger partial charge in [-0.2, -0.15) is 0 Å². The molecule has 5 heteroatoms. The van der Waals surface area contributed by atoms with Gasteiger partial charge in [0.1, 0.15) is 5.52 Å². The van der Waals surface area contributed by atoms with Gasteiger partial charge in [0.15, 0.2) is 5.58 Å². The Kier molecular flexibility index (Phi) is 4.66. The molecule has 0 bridgehead atoms. The summed E-state index contributed by atoms with van der Waals surface area (Å²) in [5.41, 5.74) is 6.92. The molecule has 0 aliphatic carbocycles. The van der Waals surface area contributed by atoms with Crippen molar-refractivity contribution in [2.75, 3.05) is 0 Å². The van der Waals surface area contributed by atoms with Crippen molar-refractivity contribution in [3.63, 3.8) is 0 Å². The van der Waals surface area contributed by atoms with Gasteiger partial charge in [-0.05, 0) is 41.5 Å². The molecule has 4 aromatic carbocycles. The van der Waals surface area contributed by atoms with E-state index in [1.54, 1.807) is 11.3 Å². The number of hydrogen-bond donors (Lipinski definition) is 0. The molecular weight excluding hydrogens is 462 g/mol. The highest BCUT2D eigenvalue weighted by atomic mass is 32.1. The van der Waals surface area contributed by atoms with Crippen LogP contribution in [0.4, 0.5) is 5.69 Å². The van der Waals surface area contributed by atoms with E-state index < -0.39 is 0 Å². The molecule has 0 aliphatic rings. The van der Waals surface area contributed by atoms with Crippen LogP contribution in [0.15, 0.2) is 108 Å². The number of thiophene rings is 1. The molecule has 3 heterocycles.